The summed E-state index contributed by atoms with van der Waals surface area (Å²) in [5, 5.41) is 25.6. The number of amides is 12. The molecule has 0 aliphatic heterocycles. The summed E-state index contributed by atoms with van der Waals surface area (Å²) in [7, 11) is 0. The maximum Gasteiger partial charge on any atom is 0.274 e. The first-order valence-corrected chi connectivity index (χ1v) is 41.8. The van der Waals surface area contributed by atoms with Gasteiger partial charge in [-0.25, -0.2) is 29.9 Å². The molecule has 12 rings (SSSR count). The van der Waals surface area contributed by atoms with Gasteiger partial charge in [0, 0.05) is 98.4 Å². The number of carbonyl (C=O) groups is 12. The van der Waals surface area contributed by atoms with Gasteiger partial charge in [0.1, 0.15) is 68.3 Å². The fourth-order valence-electron chi connectivity index (χ4n) is 13.6. The van der Waals surface area contributed by atoms with Gasteiger partial charge in [-0.2, -0.15) is 0 Å². The third-order valence-corrected chi connectivity index (χ3v) is 20.9. The Kier molecular flexibility index (Phi) is 30.8. The van der Waals surface area contributed by atoms with Crippen LogP contribution in [0.3, 0.4) is 0 Å². The first kappa shape index (κ1) is 91.1. The van der Waals surface area contributed by atoms with Crippen molar-refractivity contribution in [2.75, 3.05) is 90.8 Å². The Morgan fingerprint density at radius 2 is 0.367 bits per heavy atom. The largest absolute Gasteiger partial charge is 0.350 e. The molecule has 0 saturated carbocycles. The lowest BCUT2D eigenvalue weighted by molar-refractivity contribution is 0.0758. The molecule has 6 aromatic heterocycles. The van der Waals surface area contributed by atoms with Gasteiger partial charge < -0.3 is 62.6 Å². The van der Waals surface area contributed by atoms with Crippen LogP contribution in [0.5, 0.6) is 0 Å². The second-order valence-corrected chi connectivity index (χ2v) is 30.2. The first-order chi connectivity index (χ1) is 61.9. The van der Waals surface area contributed by atoms with Crippen molar-refractivity contribution in [1.82, 2.24) is 60.6 Å². The highest BCUT2D eigenvalue weighted by Crippen LogP contribution is 2.24. The predicted octanol–water partition coefficient (Wildman–Crippen LogP) is 13.4. The van der Waals surface area contributed by atoms with Crippen molar-refractivity contribution >= 4 is 105 Å². The SMILES string of the molecule is CCN(CC)C(=O)c1cccc(C(=O)Nc2ccc(Cc3ccc(NC(=O)c4cccc(C(=O)NCC(C)(CNC(=O)c5cccc(C(=O)Nc6ccc(Cc7ccc(NC(=O)c8cccc(C(=O)N(CC)CC)n8)cc7)cc6)n5)CNC(=O)c5cccc(C(=O)Nc6ccc(Cc7ccc(NC(=O)c8cccc(C(=O)N(CC)CC)n8)cc7)cc6)n5)n4)cc3)cc2)n1. The monoisotopic (exact) mass is 1720 g/mol. The minimum absolute atomic E-state index is 0.0777. The third-order valence-electron chi connectivity index (χ3n) is 20.9. The van der Waals surface area contributed by atoms with Crippen molar-refractivity contribution in [1.29, 1.82) is 0 Å². The van der Waals surface area contributed by atoms with Crippen molar-refractivity contribution in [2.45, 2.75) is 67.7 Å². The van der Waals surface area contributed by atoms with E-state index in [4.69, 9.17) is 0 Å². The molecule has 128 heavy (non-hydrogen) atoms. The van der Waals surface area contributed by atoms with Gasteiger partial charge in [-0.05, 0) is 240 Å². The minimum Gasteiger partial charge on any atom is -0.350 e. The van der Waals surface area contributed by atoms with E-state index in [9.17, 15) is 57.5 Å². The molecule has 0 fully saturated rings. The molecule has 0 aliphatic rings. The topological polar surface area (TPSA) is 400 Å². The standard InChI is InChI=1S/C98H96N18O12/c1-8-114(9-2)95(126)83-29-17-26-80(111-83)92(123)105-71-50-38-65(39-51-71)56-62-32-44-68(45-33-62)102-89(120)77-23-14-20-74(108-77)86(117)99-59-98(7,60-100-87(118)75-21-15-24-78(109-75)90(121)103-69-46-34-63(35-47-69)57-66-40-52-72(53-41-66)106-93(124)81-27-18-30-84(112-81)96(127)115(10-3)11-4)61-101-88(119)76-22-16-25-79(110-76)91(122)104-70-48-36-64(37-49-70)58-67-42-54-73(55-43-67)107-94(125)82-28-19-31-85(113-82)97(128)116(12-5)13-6/h14-55H,8-13,56-61H2,1-7H3,(H,99,117)(H,100,118)(H,101,119)(H,102,120)(H,103,121)(H,104,122)(H,105,123)(H,106,124)(H,107,125). The quantitative estimate of drug-likeness (QED) is 0.0176. The number of nitrogens with one attached hydrogen (secondary N) is 9. The molecular weight excluding hydrogens is 1620 g/mol. The maximum absolute atomic E-state index is 14.2. The highest BCUT2D eigenvalue weighted by atomic mass is 16.2. The lowest BCUT2D eigenvalue weighted by Gasteiger charge is -2.30. The van der Waals surface area contributed by atoms with Crippen molar-refractivity contribution in [3.05, 3.63) is 356 Å². The molecule has 30 nitrogen and oxygen atoms in total. The number of anilines is 6. The minimum atomic E-state index is -1.21. The summed E-state index contributed by atoms with van der Waals surface area (Å²) in [6, 6.07) is 70.7. The van der Waals surface area contributed by atoms with Crippen LogP contribution in [0.4, 0.5) is 34.1 Å². The number of nitrogens with zero attached hydrogens (tertiary/aromatic N) is 9. The summed E-state index contributed by atoms with van der Waals surface area (Å²) in [5.74, 6) is -6.08. The molecule has 6 heterocycles. The molecule has 0 bridgehead atoms. The van der Waals surface area contributed by atoms with Gasteiger partial charge in [0.2, 0.25) is 0 Å². The van der Waals surface area contributed by atoms with Gasteiger partial charge in [0.15, 0.2) is 0 Å². The van der Waals surface area contributed by atoms with Crippen LogP contribution in [0.15, 0.2) is 255 Å². The fourth-order valence-corrected chi connectivity index (χ4v) is 13.6. The Bertz CT molecular complexity index is 5480. The highest BCUT2D eigenvalue weighted by molar-refractivity contribution is 6.08. The maximum atomic E-state index is 14.2. The Hall–Kier alpha value is -16.1. The van der Waals surface area contributed by atoms with Gasteiger partial charge in [-0.1, -0.05) is 116 Å². The molecule has 0 atom stereocenters. The number of benzene rings is 6. The molecule has 0 aliphatic carbocycles. The van der Waals surface area contributed by atoms with E-state index in [0.29, 0.717) is 92.7 Å². The lowest BCUT2D eigenvalue weighted by atomic mass is 9.89. The molecule has 0 unspecified atom stereocenters. The number of hydrogen-bond acceptors (Lipinski definition) is 18. The molecule has 30 heteroatoms. The van der Waals surface area contributed by atoms with E-state index < -0.39 is 58.6 Å². The second kappa shape index (κ2) is 43.3. The average molecular weight is 1720 g/mol. The zero-order valence-electron chi connectivity index (χ0n) is 71.7. The number of hydrogen-bond donors (Lipinski definition) is 9. The molecule has 0 radical (unpaired) electrons. The summed E-state index contributed by atoms with van der Waals surface area (Å²) in [6.45, 7) is 15.4. The van der Waals surface area contributed by atoms with E-state index >= 15 is 0 Å². The summed E-state index contributed by atoms with van der Waals surface area (Å²) in [6.07, 6.45) is 1.57. The molecular formula is C98H96N18O12. The van der Waals surface area contributed by atoms with Crippen molar-refractivity contribution in [3.63, 3.8) is 0 Å². The van der Waals surface area contributed by atoms with Crippen LogP contribution in [-0.4, -0.2) is 174 Å². The van der Waals surface area contributed by atoms with Crippen molar-refractivity contribution < 1.29 is 57.5 Å². The Balaban J connectivity index is 0.661. The van der Waals surface area contributed by atoms with Gasteiger partial charge in [-0.3, -0.25) is 57.5 Å². The van der Waals surface area contributed by atoms with E-state index in [1.54, 1.807) is 149 Å². The number of aromatic nitrogens is 6. The van der Waals surface area contributed by atoms with Gasteiger partial charge >= 0.3 is 0 Å². The van der Waals surface area contributed by atoms with Crippen LogP contribution in [0, 0.1) is 5.41 Å². The van der Waals surface area contributed by atoms with Crippen LogP contribution in [0.25, 0.3) is 0 Å². The molecule has 0 spiro atoms. The van der Waals surface area contributed by atoms with E-state index in [0.717, 1.165) is 33.4 Å². The molecule has 650 valence electrons. The van der Waals surface area contributed by atoms with Gasteiger partial charge in [0.25, 0.3) is 70.9 Å². The first-order valence-electron chi connectivity index (χ1n) is 41.8. The van der Waals surface area contributed by atoms with E-state index in [-0.39, 0.29) is 106 Å². The van der Waals surface area contributed by atoms with Gasteiger partial charge in [-0.15, -0.1) is 0 Å². The summed E-state index contributed by atoms with van der Waals surface area (Å²) in [4.78, 5) is 193. The molecule has 0 saturated heterocycles. The molecule has 9 N–H and O–H groups in total. The van der Waals surface area contributed by atoms with Crippen LogP contribution >= 0.6 is 0 Å². The molecule has 6 aromatic carbocycles. The summed E-state index contributed by atoms with van der Waals surface area (Å²) >= 11 is 0. The number of carbonyl (C=O) groups excluding carboxylic acids is 12. The van der Waals surface area contributed by atoms with E-state index in [2.05, 4.69) is 77.8 Å². The van der Waals surface area contributed by atoms with Crippen LogP contribution in [0.2, 0.25) is 0 Å². The van der Waals surface area contributed by atoms with Crippen molar-refractivity contribution in [3.8, 4) is 0 Å². The van der Waals surface area contributed by atoms with Crippen molar-refractivity contribution in [2.24, 2.45) is 5.41 Å². The lowest BCUT2D eigenvalue weighted by Crippen LogP contribution is -2.50. The zero-order valence-corrected chi connectivity index (χ0v) is 71.7. The number of rotatable bonds is 36. The Morgan fingerprint density at radius 3 is 0.531 bits per heavy atom. The zero-order chi connectivity index (χ0) is 90.8. The van der Waals surface area contributed by atoms with Gasteiger partial charge in [0.05, 0.1) is 0 Å². The summed E-state index contributed by atoms with van der Waals surface area (Å²) < 4.78 is 0. The van der Waals surface area contributed by atoms with Crippen LogP contribution < -0.4 is 47.9 Å². The average Bonchev–Trinajstić information content (AvgIpc) is 0.851. The van der Waals surface area contributed by atoms with Crippen LogP contribution in [0.1, 0.15) is 208 Å². The fraction of sp³-hybridized carbons (Fsp3) is 0.204. The molecule has 12 amide bonds. The third kappa shape index (κ3) is 24.6. The van der Waals surface area contributed by atoms with Crippen LogP contribution in [-0.2, 0) is 19.3 Å². The predicted molar refractivity (Wildman–Crippen MR) is 487 cm³/mol. The summed E-state index contributed by atoms with van der Waals surface area (Å²) in [5.41, 5.74) is 7.58. The second-order valence-electron chi connectivity index (χ2n) is 30.2. The Labute approximate surface area is 739 Å². The van der Waals surface area contributed by atoms with E-state index in [1.807, 2.05) is 114 Å². The molecule has 12 aromatic rings. The Morgan fingerprint density at radius 1 is 0.219 bits per heavy atom. The number of pyridine rings is 6. The smallest absolute Gasteiger partial charge is 0.274 e. The normalized spacial score (nSPS) is 10.9. The van der Waals surface area contributed by atoms with E-state index in [1.165, 1.54) is 54.6 Å². The highest BCUT2D eigenvalue weighted by Gasteiger charge is 2.30.